The van der Waals surface area contributed by atoms with E-state index < -0.39 is 5.60 Å². The lowest BCUT2D eigenvalue weighted by atomic mass is 9.93. The van der Waals surface area contributed by atoms with Crippen molar-refractivity contribution >= 4 is 0 Å². The molecule has 0 spiro atoms. The topological polar surface area (TPSA) is 54.2 Å². The molecule has 2 heterocycles. The Labute approximate surface area is 102 Å². The van der Waals surface area contributed by atoms with Crippen LogP contribution in [-0.4, -0.2) is 44.9 Å². The summed E-state index contributed by atoms with van der Waals surface area (Å²) in [6.45, 7) is 6.06. The molecule has 1 atom stereocenters. The van der Waals surface area contributed by atoms with Crippen molar-refractivity contribution in [3.63, 3.8) is 0 Å². The summed E-state index contributed by atoms with van der Waals surface area (Å²) in [6.07, 6.45) is 4.04. The normalized spacial score (nSPS) is 27.4. The second-order valence-electron chi connectivity index (χ2n) is 5.31. The highest BCUT2D eigenvalue weighted by atomic mass is 16.3. The highest BCUT2D eigenvalue weighted by Crippen LogP contribution is 2.32. The molecule has 96 valence electrons. The quantitative estimate of drug-likeness (QED) is 0.840. The third kappa shape index (κ3) is 2.50. The van der Waals surface area contributed by atoms with Crippen LogP contribution in [0, 0.1) is 0 Å². The van der Waals surface area contributed by atoms with E-state index in [1.165, 1.54) is 0 Å². The SMILES string of the molecule is CC(C)n1ncnc1C1(O)CCCN(C)CC1. The fourth-order valence-corrected chi connectivity index (χ4v) is 2.44. The van der Waals surface area contributed by atoms with Crippen LogP contribution in [0.4, 0.5) is 0 Å². The van der Waals surface area contributed by atoms with Crippen LogP contribution in [-0.2, 0) is 5.60 Å². The van der Waals surface area contributed by atoms with Gasteiger partial charge < -0.3 is 10.0 Å². The molecule has 0 saturated carbocycles. The third-order valence-electron chi connectivity index (χ3n) is 3.52. The minimum Gasteiger partial charge on any atom is -0.382 e. The van der Waals surface area contributed by atoms with E-state index in [2.05, 4.69) is 35.9 Å². The van der Waals surface area contributed by atoms with Crippen LogP contribution < -0.4 is 0 Å². The number of nitrogens with zero attached hydrogens (tertiary/aromatic N) is 4. The molecule has 1 aromatic heterocycles. The Morgan fingerprint density at radius 1 is 1.35 bits per heavy atom. The van der Waals surface area contributed by atoms with Gasteiger partial charge in [0.25, 0.3) is 0 Å². The van der Waals surface area contributed by atoms with Crippen molar-refractivity contribution in [2.45, 2.75) is 44.8 Å². The Kier molecular flexibility index (Phi) is 3.49. The Morgan fingerprint density at radius 3 is 2.82 bits per heavy atom. The van der Waals surface area contributed by atoms with Gasteiger partial charge in [-0.1, -0.05) is 0 Å². The van der Waals surface area contributed by atoms with E-state index in [1.54, 1.807) is 6.33 Å². The van der Waals surface area contributed by atoms with Gasteiger partial charge in [-0.05, 0) is 46.7 Å². The van der Waals surface area contributed by atoms with Crippen molar-refractivity contribution in [2.24, 2.45) is 0 Å². The average Bonchev–Trinajstić information content (AvgIpc) is 2.70. The second-order valence-corrected chi connectivity index (χ2v) is 5.31. The van der Waals surface area contributed by atoms with E-state index in [9.17, 15) is 5.11 Å². The number of aromatic nitrogens is 3. The minimum atomic E-state index is -0.814. The largest absolute Gasteiger partial charge is 0.382 e. The molecule has 0 aliphatic carbocycles. The summed E-state index contributed by atoms with van der Waals surface area (Å²) in [5, 5.41) is 15.0. The maximum atomic E-state index is 10.8. The Bertz CT molecular complexity index is 376. The van der Waals surface area contributed by atoms with E-state index in [4.69, 9.17) is 0 Å². The van der Waals surface area contributed by atoms with Gasteiger partial charge in [-0.25, -0.2) is 9.67 Å². The van der Waals surface area contributed by atoms with Gasteiger partial charge in [-0.15, -0.1) is 0 Å². The van der Waals surface area contributed by atoms with Gasteiger partial charge in [0, 0.05) is 12.6 Å². The summed E-state index contributed by atoms with van der Waals surface area (Å²) in [5.74, 6) is 0.725. The summed E-state index contributed by atoms with van der Waals surface area (Å²) in [5.41, 5.74) is -0.814. The first-order valence-electron chi connectivity index (χ1n) is 6.34. The van der Waals surface area contributed by atoms with Crippen molar-refractivity contribution in [2.75, 3.05) is 20.1 Å². The molecular weight excluding hydrogens is 216 g/mol. The molecule has 5 heteroatoms. The molecule has 5 nitrogen and oxygen atoms in total. The van der Waals surface area contributed by atoms with Crippen LogP contribution in [0.2, 0.25) is 0 Å². The first-order chi connectivity index (χ1) is 8.03. The van der Waals surface area contributed by atoms with Crippen molar-refractivity contribution < 1.29 is 5.11 Å². The van der Waals surface area contributed by atoms with Crippen molar-refractivity contribution in [3.05, 3.63) is 12.2 Å². The standard InChI is InChI=1S/C12H22N4O/c1-10(2)16-11(13-9-14-16)12(17)5-4-7-15(3)8-6-12/h9-10,17H,4-8H2,1-3H3. The number of hydrogen-bond donors (Lipinski definition) is 1. The molecule has 1 aliphatic rings. The summed E-state index contributed by atoms with van der Waals surface area (Å²) >= 11 is 0. The molecule has 1 aromatic rings. The Balaban J connectivity index is 2.27. The highest BCUT2D eigenvalue weighted by molar-refractivity contribution is 5.03. The van der Waals surface area contributed by atoms with Crippen LogP contribution in [0.5, 0.6) is 0 Å². The lowest BCUT2D eigenvalue weighted by Gasteiger charge is -2.27. The first kappa shape index (κ1) is 12.5. The number of likely N-dealkylation sites (tertiary alicyclic amines) is 1. The maximum absolute atomic E-state index is 10.8. The predicted molar refractivity (Wildman–Crippen MR) is 65.7 cm³/mol. The van der Waals surface area contributed by atoms with E-state index in [-0.39, 0.29) is 6.04 Å². The molecule has 0 radical (unpaired) electrons. The monoisotopic (exact) mass is 238 g/mol. The summed E-state index contributed by atoms with van der Waals surface area (Å²) in [6, 6.07) is 0.234. The van der Waals surface area contributed by atoms with Crippen molar-refractivity contribution in [1.82, 2.24) is 19.7 Å². The molecule has 1 fully saturated rings. The zero-order chi connectivity index (χ0) is 12.5. The summed E-state index contributed by atoms with van der Waals surface area (Å²) in [7, 11) is 2.10. The highest BCUT2D eigenvalue weighted by Gasteiger charge is 2.36. The zero-order valence-electron chi connectivity index (χ0n) is 10.9. The van der Waals surface area contributed by atoms with E-state index in [1.807, 2.05) is 4.68 Å². The molecule has 0 aromatic carbocycles. The summed E-state index contributed by atoms with van der Waals surface area (Å²) in [4.78, 5) is 6.54. The molecule has 0 amide bonds. The fourth-order valence-electron chi connectivity index (χ4n) is 2.44. The predicted octanol–water partition coefficient (Wildman–Crippen LogP) is 1.16. The molecule has 2 rings (SSSR count). The van der Waals surface area contributed by atoms with Crippen LogP contribution in [0.1, 0.15) is 45.0 Å². The Hall–Kier alpha value is -0.940. The number of rotatable bonds is 2. The van der Waals surface area contributed by atoms with Crippen molar-refractivity contribution in [1.29, 1.82) is 0 Å². The van der Waals surface area contributed by atoms with Gasteiger partial charge in [-0.2, -0.15) is 5.10 Å². The van der Waals surface area contributed by atoms with Gasteiger partial charge >= 0.3 is 0 Å². The maximum Gasteiger partial charge on any atom is 0.159 e. The van der Waals surface area contributed by atoms with Crippen LogP contribution in [0.3, 0.4) is 0 Å². The molecular formula is C12H22N4O. The van der Waals surface area contributed by atoms with Crippen LogP contribution >= 0.6 is 0 Å². The number of hydrogen-bond acceptors (Lipinski definition) is 4. The van der Waals surface area contributed by atoms with Crippen LogP contribution in [0.25, 0.3) is 0 Å². The second kappa shape index (κ2) is 4.74. The average molecular weight is 238 g/mol. The van der Waals surface area contributed by atoms with Gasteiger partial charge in [-0.3, -0.25) is 0 Å². The summed E-state index contributed by atoms with van der Waals surface area (Å²) < 4.78 is 1.84. The minimum absolute atomic E-state index is 0.234. The van der Waals surface area contributed by atoms with Gasteiger partial charge in [0.15, 0.2) is 5.82 Å². The molecule has 17 heavy (non-hydrogen) atoms. The lowest BCUT2D eigenvalue weighted by molar-refractivity contribution is 0.00757. The molecule has 1 aliphatic heterocycles. The zero-order valence-corrected chi connectivity index (χ0v) is 10.9. The first-order valence-corrected chi connectivity index (χ1v) is 6.34. The number of aliphatic hydroxyl groups is 1. The van der Waals surface area contributed by atoms with E-state index >= 15 is 0 Å². The molecule has 1 unspecified atom stereocenters. The van der Waals surface area contributed by atoms with Gasteiger partial charge in [0.05, 0.1) is 0 Å². The Morgan fingerprint density at radius 2 is 2.12 bits per heavy atom. The molecule has 0 bridgehead atoms. The van der Waals surface area contributed by atoms with Gasteiger partial charge in [0.2, 0.25) is 0 Å². The third-order valence-corrected chi connectivity index (χ3v) is 3.52. The molecule has 1 N–H and O–H groups in total. The smallest absolute Gasteiger partial charge is 0.159 e. The van der Waals surface area contributed by atoms with Gasteiger partial charge in [0.1, 0.15) is 11.9 Å². The van der Waals surface area contributed by atoms with E-state index in [0.29, 0.717) is 0 Å². The fraction of sp³-hybridized carbons (Fsp3) is 0.833. The van der Waals surface area contributed by atoms with Crippen LogP contribution in [0.15, 0.2) is 6.33 Å². The van der Waals surface area contributed by atoms with E-state index in [0.717, 1.165) is 38.2 Å². The lowest BCUT2D eigenvalue weighted by Crippen LogP contribution is -2.32. The van der Waals surface area contributed by atoms with Crippen molar-refractivity contribution in [3.8, 4) is 0 Å². The molecule has 1 saturated heterocycles.